The summed E-state index contributed by atoms with van der Waals surface area (Å²) in [7, 11) is -1.11. The maximum absolute atomic E-state index is 9.33. The van der Waals surface area contributed by atoms with Crippen molar-refractivity contribution in [3.8, 4) is 0 Å². The lowest BCUT2D eigenvalue weighted by Crippen LogP contribution is -1.95. The van der Waals surface area contributed by atoms with Crippen LogP contribution < -0.4 is 5.14 Å². The van der Waals surface area contributed by atoms with E-state index in [1.165, 1.54) is 11.8 Å². The minimum absolute atomic E-state index is 1.11. The fourth-order valence-corrected chi connectivity index (χ4v) is 0.984. The smallest absolute Gasteiger partial charge is 0.0856 e. The highest BCUT2D eigenvalue weighted by Gasteiger charge is 1.86. The van der Waals surface area contributed by atoms with Crippen LogP contribution in [0.4, 0.5) is 0 Å². The zero-order valence-corrected chi connectivity index (χ0v) is 10.2. The minimum atomic E-state index is -1.11. The van der Waals surface area contributed by atoms with Crippen LogP contribution in [0.1, 0.15) is 12.5 Å². The molecule has 0 saturated heterocycles. The molecule has 0 bridgehead atoms. The molecule has 1 rings (SSSR count). The molecule has 1 unspecified atom stereocenters. The number of aryl methyl sites for hydroxylation is 1. The van der Waals surface area contributed by atoms with E-state index in [0.29, 0.717) is 0 Å². The van der Waals surface area contributed by atoms with E-state index in [2.05, 4.69) is 52.3 Å². The van der Waals surface area contributed by atoms with E-state index in [4.69, 9.17) is 0 Å². The highest BCUT2D eigenvalue weighted by Crippen LogP contribution is 2.10. The van der Waals surface area contributed by atoms with Gasteiger partial charge in [-0.25, -0.2) is 4.21 Å². The maximum Gasteiger partial charge on any atom is 0.0856 e. The fraction of sp³-hybridized carbons (Fsp3) is 0.333. The molecule has 0 radical (unpaired) electrons. The Morgan fingerprint density at radius 3 is 2.08 bits per heavy atom. The van der Waals surface area contributed by atoms with E-state index in [0.717, 1.165) is 10.9 Å². The Morgan fingerprint density at radius 1 is 1.38 bits per heavy atom. The van der Waals surface area contributed by atoms with Crippen molar-refractivity contribution in [3.05, 3.63) is 34.3 Å². The molecule has 0 saturated carbocycles. The first-order valence-electron chi connectivity index (χ1n) is 3.88. The third-order valence-corrected chi connectivity index (χ3v) is 1.85. The van der Waals surface area contributed by atoms with Crippen molar-refractivity contribution in [1.29, 1.82) is 0 Å². The summed E-state index contributed by atoms with van der Waals surface area (Å²) in [5, 5.41) is 4.58. The third-order valence-electron chi connectivity index (χ3n) is 1.32. The Labute approximate surface area is 90.2 Å². The Kier molecular flexibility index (Phi) is 7.13. The van der Waals surface area contributed by atoms with Gasteiger partial charge in [-0.3, -0.25) is 5.14 Å². The van der Waals surface area contributed by atoms with Crippen LogP contribution in [0.3, 0.4) is 0 Å². The molecule has 1 atom stereocenters. The summed E-state index contributed by atoms with van der Waals surface area (Å²) >= 11 is 3.37. The predicted octanol–water partition coefficient (Wildman–Crippen LogP) is 2.25. The van der Waals surface area contributed by atoms with Crippen LogP contribution in [-0.2, 0) is 17.4 Å². The molecule has 74 valence electrons. The molecule has 1 aromatic carbocycles. The van der Waals surface area contributed by atoms with E-state index >= 15 is 0 Å². The van der Waals surface area contributed by atoms with Gasteiger partial charge in [-0.2, -0.15) is 0 Å². The molecule has 0 aliphatic heterocycles. The average molecular weight is 264 g/mol. The third kappa shape index (κ3) is 8.15. The van der Waals surface area contributed by atoms with Gasteiger partial charge in [0.05, 0.1) is 11.0 Å². The zero-order chi connectivity index (χ0) is 10.3. The van der Waals surface area contributed by atoms with E-state index in [1.54, 1.807) is 0 Å². The largest absolute Gasteiger partial charge is 0.252 e. The summed E-state index contributed by atoms with van der Waals surface area (Å²) in [6.45, 7) is 2.16. The highest BCUT2D eigenvalue weighted by atomic mass is 79.9. The number of hydrogen-bond acceptors (Lipinski definition) is 1. The first-order chi connectivity index (χ1) is 6.06. The van der Waals surface area contributed by atoms with Crippen molar-refractivity contribution in [2.45, 2.75) is 13.3 Å². The van der Waals surface area contributed by atoms with Crippen LogP contribution in [0.5, 0.6) is 0 Å². The molecule has 2 nitrogen and oxygen atoms in total. The van der Waals surface area contributed by atoms with Gasteiger partial charge in [-0.05, 0) is 24.1 Å². The summed E-state index contributed by atoms with van der Waals surface area (Å²) in [4.78, 5) is 0. The number of nitrogens with two attached hydrogens (primary N) is 1. The lowest BCUT2D eigenvalue weighted by molar-refractivity contribution is 0.688. The van der Waals surface area contributed by atoms with Gasteiger partial charge in [0.2, 0.25) is 0 Å². The highest BCUT2D eigenvalue weighted by molar-refractivity contribution is 9.10. The number of halogens is 1. The van der Waals surface area contributed by atoms with Crippen LogP contribution in [0.15, 0.2) is 28.7 Å². The minimum Gasteiger partial charge on any atom is -0.252 e. The summed E-state index contributed by atoms with van der Waals surface area (Å²) in [6.07, 6.45) is 2.54. The summed E-state index contributed by atoms with van der Waals surface area (Å²) in [6, 6.07) is 8.39. The van der Waals surface area contributed by atoms with Crippen LogP contribution in [0, 0.1) is 0 Å². The van der Waals surface area contributed by atoms with Crippen molar-refractivity contribution in [3.63, 3.8) is 0 Å². The molecule has 13 heavy (non-hydrogen) atoms. The molecule has 0 aromatic heterocycles. The fourth-order valence-electron chi connectivity index (χ4n) is 0.720. The first-order valence-corrected chi connectivity index (χ1v) is 6.30. The predicted molar refractivity (Wildman–Crippen MR) is 61.8 cm³/mol. The van der Waals surface area contributed by atoms with E-state index in [9.17, 15) is 4.21 Å². The molecule has 0 fully saturated rings. The van der Waals surface area contributed by atoms with Crippen LogP contribution in [0.2, 0.25) is 0 Å². The summed E-state index contributed by atoms with van der Waals surface area (Å²) < 4.78 is 10.5. The van der Waals surface area contributed by atoms with Gasteiger partial charge in [0.15, 0.2) is 0 Å². The lowest BCUT2D eigenvalue weighted by Gasteiger charge is -1.93. The van der Waals surface area contributed by atoms with Gasteiger partial charge in [0, 0.05) is 10.7 Å². The van der Waals surface area contributed by atoms with Gasteiger partial charge in [0.1, 0.15) is 0 Å². The second-order valence-corrected chi connectivity index (χ2v) is 4.39. The molecule has 0 amide bonds. The van der Waals surface area contributed by atoms with Crippen molar-refractivity contribution >= 4 is 26.9 Å². The van der Waals surface area contributed by atoms with Crippen molar-refractivity contribution in [2.75, 3.05) is 6.26 Å². The van der Waals surface area contributed by atoms with Crippen LogP contribution >= 0.6 is 15.9 Å². The number of rotatable bonds is 1. The SMILES string of the molecule is CCc1ccc(Br)cc1.CS(N)=O. The van der Waals surface area contributed by atoms with Gasteiger partial charge in [0.25, 0.3) is 0 Å². The van der Waals surface area contributed by atoms with Gasteiger partial charge in [-0.1, -0.05) is 35.0 Å². The molecular weight excluding hydrogens is 250 g/mol. The van der Waals surface area contributed by atoms with Gasteiger partial charge < -0.3 is 0 Å². The van der Waals surface area contributed by atoms with E-state index in [1.807, 2.05) is 0 Å². The average Bonchev–Trinajstić information content (AvgIpc) is 2.05. The Hall–Kier alpha value is -0.190. The quantitative estimate of drug-likeness (QED) is 0.830. The van der Waals surface area contributed by atoms with Gasteiger partial charge >= 0.3 is 0 Å². The molecular formula is C9H14BrNOS. The standard InChI is InChI=1S/C8H9Br.CH5NOS/c1-2-7-3-5-8(9)6-4-7;1-4(2)3/h3-6H,2H2,1H3;2H2,1H3. The molecule has 0 aliphatic rings. The molecule has 4 heteroatoms. The molecule has 2 N–H and O–H groups in total. The zero-order valence-electron chi connectivity index (χ0n) is 7.79. The Morgan fingerprint density at radius 2 is 1.77 bits per heavy atom. The van der Waals surface area contributed by atoms with E-state index in [-0.39, 0.29) is 0 Å². The number of benzene rings is 1. The van der Waals surface area contributed by atoms with Crippen LogP contribution in [-0.4, -0.2) is 10.5 Å². The van der Waals surface area contributed by atoms with Crippen molar-refractivity contribution < 1.29 is 4.21 Å². The van der Waals surface area contributed by atoms with Crippen LogP contribution in [0.25, 0.3) is 0 Å². The lowest BCUT2D eigenvalue weighted by atomic mass is 10.2. The maximum atomic E-state index is 9.33. The van der Waals surface area contributed by atoms with E-state index < -0.39 is 11.0 Å². The van der Waals surface area contributed by atoms with Crippen molar-refractivity contribution in [2.24, 2.45) is 5.14 Å². The Balaban J connectivity index is 0.000000310. The second kappa shape index (κ2) is 7.24. The summed E-state index contributed by atoms with van der Waals surface area (Å²) in [5.74, 6) is 0. The Bertz CT molecular complexity index is 257. The normalized spacial score (nSPS) is 11.4. The molecule has 1 aromatic rings. The monoisotopic (exact) mass is 263 g/mol. The molecule has 0 spiro atoms. The second-order valence-electron chi connectivity index (χ2n) is 2.48. The first kappa shape index (κ1) is 12.8. The van der Waals surface area contributed by atoms with Crippen molar-refractivity contribution in [1.82, 2.24) is 0 Å². The molecule has 0 aliphatic carbocycles. The summed E-state index contributed by atoms with van der Waals surface area (Å²) in [5.41, 5.74) is 1.39. The number of hydrogen-bond donors (Lipinski definition) is 1. The topological polar surface area (TPSA) is 43.1 Å². The van der Waals surface area contributed by atoms with Gasteiger partial charge in [-0.15, -0.1) is 0 Å². The molecule has 0 heterocycles.